The fourth-order valence-electron chi connectivity index (χ4n) is 3.47. The van der Waals surface area contributed by atoms with Crippen molar-refractivity contribution in [3.63, 3.8) is 0 Å². The van der Waals surface area contributed by atoms with Crippen LogP contribution in [0.2, 0.25) is 5.02 Å². The molecule has 0 spiro atoms. The highest BCUT2D eigenvalue weighted by Gasteiger charge is 2.32. The van der Waals surface area contributed by atoms with E-state index in [4.69, 9.17) is 16.7 Å². The Labute approximate surface area is 129 Å². The summed E-state index contributed by atoms with van der Waals surface area (Å²) in [5, 5.41) is 23.2. The smallest absolute Gasteiger partial charge is 0.307 e. The Morgan fingerprint density at radius 3 is 2.76 bits per heavy atom. The summed E-state index contributed by atoms with van der Waals surface area (Å²) in [5.74, 6) is -1.06. The Bertz CT molecular complexity index is 573. The summed E-state index contributed by atoms with van der Waals surface area (Å²) < 4.78 is 0. The minimum atomic E-state index is -0.787. The lowest BCUT2D eigenvalue weighted by atomic mass is 9.93. The molecule has 1 aromatic rings. The molecule has 21 heavy (non-hydrogen) atoms. The number of carboxylic acid groups (broad SMARTS) is 1. The van der Waals surface area contributed by atoms with E-state index in [1.165, 1.54) is 12.0 Å². The largest absolute Gasteiger partial charge is 0.506 e. The van der Waals surface area contributed by atoms with Gasteiger partial charge in [0.2, 0.25) is 0 Å². The second-order valence-electron chi connectivity index (χ2n) is 6.06. The van der Waals surface area contributed by atoms with Crippen molar-refractivity contribution in [2.45, 2.75) is 44.6 Å². The molecule has 1 saturated heterocycles. The molecule has 1 aliphatic carbocycles. The number of benzene rings is 1. The van der Waals surface area contributed by atoms with Gasteiger partial charge in [-0.3, -0.25) is 4.79 Å². The fourth-order valence-corrected chi connectivity index (χ4v) is 3.79. The van der Waals surface area contributed by atoms with E-state index in [2.05, 4.69) is 5.32 Å². The van der Waals surface area contributed by atoms with Crippen LogP contribution in [0.4, 0.5) is 0 Å². The number of nitrogens with one attached hydrogen (secondary N) is 1. The monoisotopic (exact) mass is 309 g/mol. The number of carboxylic acids is 1. The molecule has 2 atom stereocenters. The highest BCUT2D eigenvalue weighted by molar-refractivity contribution is 6.33. The normalized spacial score (nSPS) is 25.4. The van der Waals surface area contributed by atoms with Gasteiger partial charge in [0.1, 0.15) is 5.75 Å². The van der Waals surface area contributed by atoms with Crippen molar-refractivity contribution in [2.24, 2.45) is 5.92 Å². The zero-order valence-electron chi connectivity index (χ0n) is 11.9. The molecule has 0 aromatic heterocycles. The van der Waals surface area contributed by atoms with Crippen molar-refractivity contribution in [1.29, 1.82) is 0 Å². The molecular formula is C16H20ClNO3. The Kier molecular flexibility index (Phi) is 4.09. The topological polar surface area (TPSA) is 69.6 Å². The first-order chi connectivity index (χ1) is 10.1. The van der Waals surface area contributed by atoms with Crippen LogP contribution in [0.25, 0.3) is 0 Å². The fraction of sp³-hybridized carbons (Fsp3) is 0.562. The number of phenolic OH excluding ortho intramolecular Hbond substituents is 1. The maximum absolute atomic E-state index is 11.1. The summed E-state index contributed by atoms with van der Waals surface area (Å²) in [4.78, 5) is 11.1. The molecule has 5 heteroatoms. The first-order valence-electron chi connectivity index (χ1n) is 7.57. The third-order valence-corrected chi connectivity index (χ3v) is 5.10. The van der Waals surface area contributed by atoms with Crippen LogP contribution in [0.3, 0.4) is 0 Å². The highest BCUT2D eigenvalue weighted by Crippen LogP contribution is 2.41. The van der Waals surface area contributed by atoms with Gasteiger partial charge in [-0.2, -0.15) is 0 Å². The van der Waals surface area contributed by atoms with Gasteiger partial charge in [0, 0.05) is 18.2 Å². The van der Waals surface area contributed by atoms with Crippen molar-refractivity contribution < 1.29 is 15.0 Å². The van der Waals surface area contributed by atoms with Crippen LogP contribution in [0, 0.1) is 5.92 Å². The van der Waals surface area contributed by atoms with Gasteiger partial charge in [-0.05, 0) is 43.2 Å². The van der Waals surface area contributed by atoms with E-state index in [1.54, 1.807) is 0 Å². The molecule has 1 aromatic carbocycles. The summed E-state index contributed by atoms with van der Waals surface area (Å²) in [6, 6.07) is 1.90. The van der Waals surface area contributed by atoms with Crippen LogP contribution in [0.15, 0.2) is 6.07 Å². The van der Waals surface area contributed by atoms with Crippen molar-refractivity contribution in [3.05, 3.63) is 27.8 Å². The van der Waals surface area contributed by atoms with E-state index in [1.807, 2.05) is 6.07 Å². The number of aromatic hydroxyl groups is 1. The molecule has 1 aliphatic heterocycles. The van der Waals surface area contributed by atoms with Gasteiger partial charge in [-0.25, -0.2) is 0 Å². The van der Waals surface area contributed by atoms with Gasteiger partial charge in [0.05, 0.1) is 10.9 Å². The number of hydrogen-bond acceptors (Lipinski definition) is 3. The number of fused-ring (bicyclic) bond motifs is 1. The third-order valence-electron chi connectivity index (χ3n) is 4.69. The van der Waals surface area contributed by atoms with Crippen LogP contribution in [-0.4, -0.2) is 22.7 Å². The molecule has 0 radical (unpaired) electrons. The van der Waals surface area contributed by atoms with E-state index in [-0.39, 0.29) is 11.8 Å². The predicted molar refractivity (Wildman–Crippen MR) is 80.9 cm³/mol. The zero-order chi connectivity index (χ0) is 15.0. The maximum atomic E-state index is 11.1. The molecule has 0 bridgehead atoms. The molecule has 0 saturated carbocycles. The Balaban J connectivity index is 1.95. The average molecular weight is 310 g/mol. The second kappa shape index (κ2) is 5.85. The number of rotatable bonds is 2. The first kappa shape index (κ1) is 14.7. The van der Waals surface area contributed by atoms with Gasteiger partial charge >= 0.3 is 5.97 Å². The number of hydrogen-bond donors (Lipinski definition) is 3. The summed E-state index contributed by atoms with van der Waals surface area (Å²) in [6.07, 6.45) is 5.83. The van der Waals surface area contributed by atoms with Crippen LogP contribution in [-0.2, 0) is 17.6 Å². The quantitative estimate of drug-likeness (QED) is 0.734. The SMILES string of the molecule is O=C(O)C1CNC(c2cc3c(c(Cl)c2O)CCCCC3)C1. The standard InChI is InChI=1S/C16H20ClNO3/c17-14-11-5-3-1-2-4-9(11)6-12(15(14)19)13-7-10(8-18-13)16(20)21/h6,10,13,18-19H,1-5,7-8H2,(H,20,21). The van der Waals surface area contributed by atoms with Gasteiger partial charge in [0.25, 0.3) is 0 Å². The highest BCUT2D eigenvalue weighted by atomic mass is 35.5. The van der Waals surface area contributed by atoms with Crippen LogP contribution >= 0.6 is 11.6 Å². The van der Waals surface area contributed by atoms with Gasteiger partial charge < -0.3 is 15.5 Å². The summed E-state index contributed by atoms with van der Waals surface area (Å²) >= 11 is 6.37. The third kappa shape index (κ3) is 2.74. The van der Waals surface area contributed by atoms with E-state index in [0.717, 1.165) is 36.8 Å². The summed E-state index contributed by atoms with van der Waals surface area (Å²) in [7, 11) is 0. The van der Waals surface area contributed by atoms with Crippen molar-refractivity contribution in [3.8, 4) is 5.75 Å². The molecule has 0 amide bonds. The Morgan fingerprint density at radius 1 is 1.29 bits per heavy atom. The van der Waals surface area contributed by atoms with Crippen LogP contribution < -0.4 is 5.32 Å². The maximum Gasteiger partial charge on any atom is 0.307 e. The minimum absolute atomic E-state index is 0.126. The minimum Gasteiger partial charge on any atom is -0.506 e. The van der Waals surface area contributed by atoms with E-state index in [9.17, 15) is 9.90 Å². The van der Waals surface area contributed by atoms with E-state index < -0.39 is 11.9 Å². The second-order valence-corrected chi connectivity index (χ2v) is 6.44. The number of aliphatic carboxylic acids is 1. The van der Waals surface area contributed by atoms with Crippen molar-refractivity contribution >= 4 is 17.6 Å². The van der Waals surface area contributed by atoms with E-state index in [0.29, 0.717) is 18.0 Å². The lowest BCUT2D eigenvalue weighted by Crippen LogP contribution is -2.17. The Morgan fingerprint density at radius 2 is 2.05 bits per heavy atom. The average Bonchev–Trinajstić information content (AvgIpc) is 2.83. The van der Waals surface area contributed by atoms with Gasteiger partial charge in [-0.1, -0.05) is 24.1 Å². The van der Waals surface area contributed by atoms with Gasteiger partial charge in [0.15, 0.2) is 0 Å². The molecular weight excluding hydrogens is 290 g/mol. The number of phenols is 1. The number of aryl methyl sites for hydroxylation is 1. The molecule has 2 unspecified atom stereocenters. The summed E-state index contributed by atoms with van der Waals surface area (Å²) in [5.41, 5.74) is 3.04. The molecule has 3 N–H and O–H groups in total. The molecule has 3 rings (SSSR count). The van der Waals surface area contributed by atoms with E-state index >= 15 is 0 Å². The van der Waals surface area contributed by atoms with Crippen molar-refractivity contribution in [2.75, 3.05) is 6.54 Å². The van der Waals surface area contributed by atoms with Crippen molar-refractivity contribution in [1.82, 2.24) is 5.32 Å². The number of carbonyl (C=O) groups is 1. The van der Waals surface area contributed by atoms with Crippen LogP contribution in [0.1, 0.15) is 48.4 Å². The zero-order valence-corrected chi connectivity index (χ0v) is 12.6. The lowest BCUT2D eigenvalue weighted by molar-refractivity contribution is -0.141. The molecule has 114 valence electrons. The molecule has 2 aliphatic rings. The molecule has 1 fully saturated rings. The first-order valence-corrected chi connectivity index (χ1v) is 7.95. The van der Waals surface area contributed by atoms with Crippen LogP contribution in [0.5, 0.6) is 5.75 Å². The van der Waals surface area contributed by atoms with Gasteiger partial charge in [-0.15, -0.1) is 0 Å². The Hall–Kier alpha value is -1.26. The molecule has 1 heterocycles. The molecule has 4 nitrogen and oxygen atoms in total. The predicted octanol–water partition coefficient (Wildman–Crippen LogP) is 3.05. The lowest BCUT2D eigenvalue weighted by Gasteiger charge is -2.18. The summed E-state index contributed by atoms with van der Waals surface area (Å²) in [6.45, 7) is 0.439. The number of halogens is 1.